The molecule has 8 atom stereocenters. The summed E-state index contributed by atoms with van der Waals surface area (Å²) in [6.07, 6.45) is -6.64. The number of anilines is 1. The summed E-state index contributed by atoms with van der Waals surface area (Å²) < 4.78 is 22.3. The van der Waals surface area contributed by atoms with Crippen molar-refractivity contribution in [2.75, 3.05) is 26.6 Å². The molecule has 7 N–H and O–H groups in total. The number of methoxy groups -OCH3 is 3. The largest absolute Gasteiger partial charge is 0.507 e. The molecule has 0 spiro atoms. The van der Waals surface area contributed by atoms with Crippen LogP contribution in [0.2, 0.25) is 0 Å². The maximum absolute atomic E-state index is 15.0. The number of aliphatic hydroxyl groups excluding tert-OH is 2. The zero-order valence-electron chi connectivity index (χ0n) is 33.5. The second kappa shape index (κ2) is 15.1. The third-order valence-electron chi connectivity index (χ3n) is 12.2. The first-order chi connectivity index (χ1) is 29.0. The van der Waals surface area contributed by atoms with Gasteiger partial charge in [-0.1, -0.05) is 48.5 Å². The predicted molar refractivity (Wildman–Crippen MR) is 215 cm³/mol. The van der Waals surface area contributed by atoms with Gasteiger partial charge in [0.15, 0.2) is 23.2 Å². The van der Waals surface area contributed by atoms with Crippen LogP contribution in [0.15, 0.2) is 78.5 Å². The number of rotatable bonds is 8. The van der Waals surface area contributed by atoms with Gasteiger partial charge in [0.05, 0.1) is 34.6 Å². The number of hydrogen-bond donors (Lipinski definition) is 7. The van der Waals surface area contributed by atoms with E-state index in [2.05, 4.69) is 10.6 Å². The molecule has 1 fully saturated rings. The van der Waals surface area contributed by atoms with E-state index in [4.69, 9.17) is 18.9 Å². The lowest BCUT2D eigenvalue weighted by atomic mass is 9.56. The second-order valence-electron chi connectivity index (χ2n) is 15.5. The van der Waals surface area contributed by atoms with Gasteiger partial charge in [0.2, 0.25) is 17.3 Å². The molecule has 1 saturated heterocycles. The van der Waals surface area contributed by atoms with Crippen LogP contribution in [0, 0.1) is 6.92 Å². The molecule has 0 saturated carbocycles. The molecule has 4 aliphatic rings. The van der Waals surface area contributed by atoms with Crippen LogP contribution in [0.5, 0.6) is 11.5 Å². The van der Waals surface area contributed by atoms with E-state index >= 15 is 0 Å². The van der Waals surface area contributed by atoms with Crippen LogP contribution >= 0.6 is 0 Å². The number of benzene rings is 4. The Labute approximate surface area is 348 Å². The van der Waals surface area contributed by atoms with Crippen LogP contribution in [-0.2, 0) is 31.0 Å². The zero-order valence-corrected chi connectivity index (χ0v) is 33.5. The summed E-state index contributed by atoms with van der Waals surface area (Å²) in [5.74, 6) is -7.45. The highest BCUT2D eigenvalue weighted by Gasteiger charge is 2.72. The van der Waals surface area contributed by atoms with E-state index in [0.717, 1.165) is 30.4 Å². The summed E-state index contributed by atoms with van der Waals surface area (Å²) in [6, 6.07) is 18.6. The first kappa shape index (κ1) is 41.6. The molecular weight excluding hydrogens is 792 g/mol. The van der Waals surface area contributed by atoms with Crippen LogP contribution in [-0.4, -0.2) is 118 Å². The number of aryl methyl sites for hydroxylation is 1. The number of aliphatic hydroxyl groups is 3. The van der Waals surface area contributed by atoms with Crippen LogP contribution in [0.3, 0.4) is 0 Å². The van der Waals surface area contributed by atoms with Crippen molar-refractivity contribution in [2.45, 2.75) is 68.2 Å². The van der Waals surface area contributed by atoms with Crippen molar-refractivity contribution in [3.63, 3.8) is 0 Å². The van der Waals surface area contributed by atoms with Gasteiger partial charge in [-0.25, -0.2) is 0 Å². The summed E-state index contributed by atoms with van der Waals surface area (Å²) in [6.45, 7) is 3.12. The van der Waals surface area contributed by atoms with Crippen LogP contribution in [0.1, 0.15) is 75.4 Å². The highest BCUT2D eigenvalue weighted by atomic mass is 16.6. The van der Waals surface area contributed by atoms with Crippen molar-refractivity contribution in [3.8, 4) is 22.6 Å². The molecule has 4 aromatic carbocycles. The summed E-state index contributed by atoms with van der Waals surface area (Å²) >= 11 is 0. The molecule has 16 heteroatoms. The Morgan fingerprint density at radius 3 is 2.13 bits per heavy atom. The maximum atomic E-state index is 15.0. The molecule has 4 aromatic rings. The highest BCUT2D eigenvalue weighted by molar-refractivity contribution is 6.31. The van der Waals surface area contributed by atoms with Gasteiger partial charge >= 0.3 is 0 Å². The molecule has 0 radical (unpaired) electrons. The number of carbonyl (C=O) groups is 5. The lowest BCUT2D eigenvalue weighted by Crippen LogP contribution is -2.73. The van der Waals surface area contributed by atoms with Crippen molar-refractivity contribution < 1.29 is 68.5 Å². The van der Waals surface area contributed by atoms with E-state index in [9.17, 15) is 49.5 Å². The van der Waals surface area contributed by atoms with Gasteiger partial charge < -0.3 is 55.1 Å². The smallest absolute Gasteiger partial charge is 0.259 e. The number of ketones is 4. The van der Waals surface area contributed by atoms with E-state index in [1.54, 1.807) is 31.2 Å². The van der Waals surface area contributed by atoms with Crippen LogP contribution in [0.4, 0.5) is 5.69 Å². The van der Waals surface area contributed by atoms with E-state index in [0.29, 0.717) is 5.69 Å². The van der Waals surface area contributed by atoms with Crippen molar-refractivity contribution >= 4 is 34.7 Å². The molecule has 61 heavy (non-hydrogen) atoms. The highest BCUT2D eigenvalue weighted by Crippen LogP contribution is 2.56. The van der Waals surface area contributed by atoms with E-state index in [1.807, 2.05) is 30.3 Å². The van der Waals surface area contributed by atoms with Crippen LogP contribution < -0.4 is 10.6 Å². The van der Waals surface area contributed by atoms with Crippen molar-refractivity contribution in [2.24, 2.45) is 0 Å². The quantitative estimate of drug-likeness (QED) is 0.135. The summed E-state index contributed by atoms with van der Waals surface area (Å²) in [5.41, 5.74) is -7.93. The molecule has 0 aromatic heterocycles. The lowest BCUT2D eigenvalue weighted by molar-refractivity contribution is -0.236. The SMILES string of the molecule is CO[C@@H]1[C@@H](O)[C@@H](OC)C(NC2=CC(=O)c3c(cc4c(c3O)C(=O)[C@]3(OC)[C@H](O)Cc5cc(C)c(C(=O)Nc6ccc(-c7ccccc7)cc6)c(O)c5[C@]3(O)C4=O)C2=O)O[C@H]1C. The molecule has 1 heterocycles. The number of ether oxygens (including phenoxy) is 4. The number of amides is 1. The van der Waals surface area contributed by atoms with Gasteiger partial charge in [0.1, 0.15) is 29.8 Å². The Kier molecular flexibility index (Phi) is 10.3. The number of hydrogen-bond acceptors (Lipinski definition) is 15. The van der Waals surface area contributed by atoms with Crippen molar-refractivity contribution in [1.82, 2.24) is 5.32 Å². The molecular formula is C45H42N2O14. The Morgan fingerprint density at radius 1 is 0.836 bits per heavy atom. The van der Waals surface area contributed by atoms with E-state index in [1.165, 1.54) is 27.2 Å². The zero-order chi connectivity index (χ0) is 43.9. The van der Waals surface area contributed by atoms with Gasteiger partial charge in [-0.15, -0.1) is 0 Å². The fourth-order valence-electron chi connectivity index (χ4n) is 9.35. The third-order valence-corrected chi connectivity index (χ3v) is 12.2. The molecule has 3 aliphatic carbocycles. The number of aromatic hydroxyl groups is 2. The number of Topliss-reactive ketones (excluding diaryl/α,β-unsaturated/α-hetero) is 3. The third kappa shape index (κ3) is 5.97. The molecule has 1 aliphatic heterocycles. The number of nitrogens with one attached hydrogen (secondary N) is 2. The number of carbonyl (C=O) groups excluding carboxylic acids is 5. The normalized spacial score (nSPS) is 28.0. The second-order valence-corrected chi connectivity index (χ2v) is 15.5. The van der Waals surface area contributed by atoms with Gasteiger partial charge in [0.25, 0.3) is 5.91 Å². The fourth-order valence-corrected chi connectivity index (χ4v) is 9.35. The number of phenolic OH excluding ortho intramolecular Hbond substituents is 2. The van der Waals surface area contributed by atoms with Gasteiger partial charge in [-0.2, -0.15) is 0 Å². The van der Waals surface area contributed by atoms with Gasteiger partial charge in [0, 0.05) is 56.2 Å². The Bertz CT molecular complexity index is 2570. The Hall–Kier alpha value is -6.11. The van der Waals surface area contributed by atoms with Crippen molar-refractivity contribution in [1.29, 1.82) is 0 Å². The number of fused-ring (bicyclic) bond motifs is 5. The minimum absolute atomic E-state index is 0.00111. The fraction of sp³-hybridized carbons (Fsp3) is 0.311. The summed E-state index contributed by atoms with van der Waals surface area (Å²) in [4.78, 5) is 71.5. The van der Waals surface area contributed by atoms with Gasteiger partial charge in [-0.05, 0) is 54.3 Å². The molecule has 8 rings (SSSR count). The lowest BCUT2D eigenvalue weighted by Gasteiger charge is -2.53. The minimum atomic E-state index is -3.27. The Morgan fingerprint density at radius 2 is 1.49 bits per heavy atom. The summed E-state index contributed by atoms with van der Waals surface area (Å²) in [7, 11) is 3.61. The first-order valence-electron chi connectivity index (χ1n) is 19.3. The first-order valence-corrected chi connectivity index (χ1v) is 19.3. The topological polar surface area (TPSA) is 247 Å². The molecule has 316 valence electrons. The van der Waals surface area contributed by atoms with Crippen molar-refractivity contribution in [3.05, 3.63) is 123 Å². The molecule has 16 nitrogen and oxygen atoms in total. The monoisotopic (exact) mass is 834 g/mol. The average molecular weight is 835 g/mol. The Balaban J connectivity index is 1.20. The summed E-state index contributed by atoms with van der Waals surface area (Å²) in [5, 5.41) is 64.5. The average Bonchev–Trinajstić information content (AvgIpc) is 3.22. The minimum Gasteiger partial charge on any atom is -0.507 e. The predicted octanol–water partition coefficient (Wildman–Crippen LogP) is 2.88. The van der Waals surface area contributed by atoms with Gasteiger partial charge in [-0.3, -0.25) is 24.0 Å². The maximum Gasteiger partial charge on any atom is 0.259 e. The van der Waals surface area contributed by atoms with E-state index < -0.39 is 123 Å². The number of allylic oxidation sites excluding steroid dienone is 2. The van der Waals surface area contributed by atoms with E-state index in [-0.39, 0.29) is 22.4 Å². The standard InChI is InChI=1S/C45H42N2O14/c1-19-15-23-16-29(49)45(60-5)41(55)32-26(17-25-31(35(32)51)28(48)18-27(34(25)50)47-43-39(59-4)37(53)38(58-3)20(2)61-43)40(54)44(45,57)33(23)36(52)30(19)42(56)46-24-13-11-22(12-14-24)21-9-7-6-8-10-21/h6-15,17-18,20,29,37-39,43,47,49,51-53,57H,16H2,1-5H3,(H,46,56)/t20-,29+,37+,38-,39+,43?,44-,45+/m0/s1. The van der Waals surface area contributed by atoms with Crippen LogP contribution in [0.25, 0.3) is 11.1 Å². The molecule has 1 amide bonds. The molecule has 1 unspecified atom stereocenters. The number of phenols is 2. The molecule has 0 bridgehead atoms.